The number of allylic oxidation sites excluding steroid dienone is 2. The molecule has 0 unspecified atom stereocenters. The van der Waals surface area contributed by atoms with Gasteiger partial charge in [-0.2, -0.15) is 5.26 Å². The van der Waals surface area contributed by atoms with E-state index in [4.69, 9.17) is 5.26 Å². The van der Waals surface area contributed by atoms with Crippen LogP contribution in [-0.2, 0) is 0 Å². The van der Waals surface area contributed by atoms with E-state index in [1.807, 2.05) is 25.1 Å². The summed E-state index contributed by atoms with van der Waals surface area (Å²) in [5.41, 5.74) is 4.05. The number of rotatable bonds is 0. The molecule has 0 spiro atoms. The van der Waals surface area contributed by atoms with Gasteiger partial charge in [0.1, 0.15) is 11.8 Å². The second-order valence-electron chi connectivity index (χ2n) is 3.18. The van der Waals surface area contributed by atoms with Gasteiger partial charge in [0.25, 0.3) is 0 Å². The predicted octanol–water partition coefficient (Wildman–Crippen LogP) is 2.30. The number of hydrogen-bond acceptors (Lipinski definition) is 3. The minimum Gasteiger partial charge on any atom is -0.354 e. The predicted molar refractivity (Wildman–Crippen MR) is 55.4 cm³/mol. The number of nitriles is 1. The van der Waals surface area contributed by atoms with Crippen molar-refractivity contribution in [1.29, 1.82) is 5.26 Å². The molecule has 0 atom stereocenters. The summed E-state index contributed by atoms with van der Waals surface area (Å²) in [6.07, 6.45) is 1.91. The molecule has 0 aromatic carbocycles. The molecular formula is C11H9N3. The van der Waals surface area contributed by atoms with Crippen molar-refractivity contribution in [2.24, 2.45) is 0 Å². The van der Waals surface area contributed by atoms with Crippen molar-refractivity contribution < 1.29 is 0 Å². The van der Waals surface area contributed by atoms with E-state index in [0.29, 0.717) is 5.69 Å². The van der Waals surface area contributed by atoms with Crippen LogP contribution in [0.2, 0.25) is 0 Å². The van der Waals surface area contributed by atoms with E-state index < -0.39 is 0 Å². The Morgan fingerprint density at radius 3 is 3.00 bits per heavy atom. The van der Waals surface area contributed by atoms with Gasteiger partial charge < -0.3 is 5.32 Å². The Morgan fingerprint density at radius 1 is 1.50 bits per heavy atom. The summed E-state index contributed by atoms with van der Waals surface area (Å²) < 4.78 is 0. The first-order valence-corrected chi connectivity index (χ1v) is 4.26. The molecule has 68 valence electrons. The Kier molecular flexibility index (Phi) is 1.83. The van der Waals surface area contributed by atoms with Crippen LogP contribution in [-0.4, -0.2) is 4.98 Å². The third-order valence-corrected chi connectivity index (χ3v) is 2.07. The number of aromatic nitrogens is 1. The van der Waals surface area contributed by atoms with Gasteiger partial charge in [-0.3, -0.25) is 0 Å². The molecule has 2 heterocycles. The van der Waals surface area contributed by atoms with Crippen molar-refractivity contribution >= 4 is 11.3 Å². The monoisotopic (exact) mass is 183 g/mol. The molecule has 0 bridgehead atoms. The Bertz CT molecular complexity index is 478. The molecule has 3 nitrogen and oxygen atoms in total. The summed E-state index contributed by atoms with van der Waals surface area (Å²) in [4.78, 5) is 4.21. The van der Waals surface area contributed by atoms with Crippen LogP contribution < -0.4 is 5.32 Å². The molecule has 0 radical (unpaired) electrons. The molecule has 3 heteroatoms. The maximum absolute atomic E-state index is 8.71. The molecule has 0 fully saturated rings. The minimum atomic E-state index is 0.436. The van der Waals surface area contributed by atoms with Crippen LogP contribution in [0.25, 0.3) is 5.57 Å². The van der Waals surface area contributed by atoms with E-state index in [1.165, 1.54) is 0 Å². The smallest absolute Gasteiger partial charge is 0.141 e. The largest absolute Gasteiger partial charge is 0.354 e. The Labute approximate surface area is 82.4 Å². The Balaban J connectivity index is 2.60. The van der Waals surface area contributed by atoms with Crippen LogP contribution in [0.4, 0.5) is 5.69 Å². The van der Waals surface area contributed by atoms with Crippen LogP contribution in [0.5, 0.6) is 0 Å². The Hall–Kier alpha value is -2.08. The van der Waals surface area contributed by atoms with Gasteiger partial charge >= 0.3 is 0 Å². The summed E-state index contributed by atoms with van der Waals surface area (Å²) in [6, 6.07) is 5.56. The van der Waals surface area contributed by atoms with E-state index in [1.54, 1.807) is 6.07 Å². The fourth-order valence-electron chi connectivity index (χ4n) is 1.46. The number of anilines is 1. The molecule has 0 saturated carbocycles. The van der Waals surface area contributed by atoms with Gasteiger partial charge in [0.05, 0.1) is 11.4 Å². The van der Waals surface area contributed by atoms with Crippen molar-refractivity contribution in [3.8, 4) is 6.07 Å². The average Bonchev–Trinajstić information content (AvgIpc) is 2.17. The molecule has 1 aliphatic rings. The SMILES string of the molecule is C=C1C=C(C)c2nc(C#N)ccc2N1. The van der Waals surface area contributed by atoms with E-state index in [2.05, 4.69) is 16.9 Å². The molecule has 1 aliphatic heterocycles. The van der Waals surface area contributed by atoms with Crippen LogP contribution in [0, 0.1) is 11.3 Å². The summed E-state index contributed by atoms with van der Waals surface area (Å²) in [7, 11) is 0. The first kappa shape index (κ1) is 8.52. The zero-order valence-electron chi connectivity index (χ0n) is 7.83. The van der Waals surface area contributed by atoms with E-state index in [0.717, 1.165) is 22.7 Å². The zero-order chi connectivity index (χ0) is 10.1. The van der Waals surface area contributed by atoms with Gasteiger partial charge in [-0.1, -0.05) is 6.58 Å². The lowest BCUT2D eigenvalue weighted by atomic mass is 10.1. The van der Waals surface area contributed by atoms with Crippen molar-refractivity contribution in [3.63, 3.8) is 0 Å². The van der Waals surface area contributed by atoms with Gasteiger partial charge in [-0.05, 0) is 30.7 Å². The summed E-state index contributed by atoms with van der Waals surface area (Å²) in [5.74, 6) is 0. The zero-order valence-corrected chi connectivity index (χ0v) is 7.83. The van der Waals surface area contributed by atoms with E-state index in [-0.39, 0.29) is 0 Å². The van der Waals surface area contributed by atoms with Crippen molar-refractivity contribution in [3.05, 3.63) is 41.9 Å². The molecule has 2 rings (SSSR count). The third-order valence-electron chi connectivity index (χ3n) is 2.07. The van der Waals surface area contributed by atoms with Gasteiger partial charge in [-0.25, -0.2) is 4.98 Å². The minimum absolute atomic E-state index is 0.436. The average molecular weight is 183 g/mol. The molecule has 0 amide bonds. The summed E-state index contributed by atoms with van der Waals surface area (Å²) in [5, 5.41) is 11.8. The highest BCUT2D eigenvalue weighted by Crippen LogP contribution is 2.28. The van der Waals surface area contributed by atoms with Gasteiger partial charge in [0.15, 0.2) is 0 Å². The standard InChI is InChI=1S/C11H9N3/c1-7-5-8(2)13-10-4-3-9(6-12)14-11(7)10/h3-5,13H,2H2,1H3. The van der Waals surface area contributed by atoms with Gasteiger partial charge in [0, 0.05) is 5.70 Å². The first-order chi connectivity index (χ1) is 6.70. The van der Waals surface area contributed by atoms with Gasteiger partial charge in [0.2, 0.25) is 0 Å². The third kappa shape index (κ3) is 1.27. The summed E-state index contributed by atoms with van der Waals surface area (Å²) >= 11 is 0. The second-order valence-corrected chi connectivity index (χ2v) is 3.18. The molecule has 1 aromatic heterocycles. The second kappa shape index (κ2) is 3.00. The molecular weight excluding hydrogens is 174 g/mol. The normalized spacial score (nSPS) is 13.7. The highest BCUT2D eigenvalue weighted by molar-refractivity contribution is 5.79. The molecule has 14 heavy (non-hydrogen) atoms. The number of pyridine rings is 1. The van der Waals surface area contributed by atoms with Crippen LogP contribution in [0.3, 0.4) is 0 Å². The van der Waals surface area contributed by atoms with Crippen LogP contribution in [0.15, 0.2) is 30.5 Å². The number of hydrogen-bond donors (Lipinski definition) is 1. The van der Waals surface area contributed by atoms with Crippen LogP contribution in [0.1, 0.15) is 18.3 Å². The lowest BCUT2D eigenvalue weighted by Gasteiger charge is -2.17. The number of fused-ring (bicyclic) bond motifs is 1. The first-order valence-electron chi connectivity index (χ1n) is 4.26. The fraction of sp³-hybridized carbons (Fsp3) is 0.0909. The van der Waals surface area contributed by atoms with E-state index >= 15 is 0 Å². The maximum atomic E-state index is 8.71. The fourth-order valence-corrected chi connectivity index (χ4v) is 1.46. The maximum Gasteiger partial charge on any atom is 0.141 e. The number of nitrogens with zero attached hydrogens (tertiary/aromatic N) is 2. The quantitative estimate of drug-likeness (QED) is 0.671. The van der Waals surface area contributed by atoms with Crippen LogP contribution >= 0.6 is 0 Å². The Morgan fingerprint density at radius 2 is 2.29 bits per heavy atom. The molecule has 1 aromatic rings. The highest BCUT2D eigenvalue weighted by Gasteiger charge is 2.12. The van der Waals surface area contributed by atoms with Gasteiger partial charge in [-0.15, -0.1) is 0 Å². The number of nitrogens with one attached hydrogen (secondary N) is 1. The lowest BCUT2D eigenvalue weighted by Crippen LogP contribution is -2.06. The van der Waals surface area contributed by atoms with Crippen molar-refractivity contribution in [2.75, 3.05) is 5.32 Å². The van der Waals surface area contributed by atoms with E-state index in [9.17, 15) is 0 Å². The molecule has 1 N–H and O–H groups in total. The summed E-state index contributed by atoms with van der Waals surface area (Å²) in [6.45, 7) is 5.78. The van der Waals surface area contributed by atoms with Crippen molar-refractivity contribution in [2.45, 2.75) is 6.92 Å². The topological polar surface area (TPSA) is 48.7 Å². The highest BCUT2D eigenvalue weighted by atomic mass is 14.9. The van der Waals surface area contributed by atoms with Crippen molar-refractivity contribution in [1.82, 2.24) is 4.98 Å². The molecule has 0 saturated heterocycles. The molecule has 0 aliphatic carbocycles. The lowest BCUT2D eigenvalue weighted by molar-refractivity contribution is 1.20.